The molecule has 1 saturated carbocycles. The summed E-state index contributed by atoms with van der Waals surface area (Å²) in [6, 6.07) is 1.51. The van der Waals surface area contributed by atoms with E-state index >= 15 is 0 Å². The molecule has 6 nitrogen and oxygen atoms in total. The quantitative estimate of drug-likeness (QED) is 0.405. The maximum Gasteiger partial charge on any atom is 0.192 e. The number of anilines is 2. The number of oxime groups is 1. The summed E-state index contributed by atoms with van der Waals surface area (Å²) in [5, 5.41) is 12.8. The van der Waals surface area contributed by atoms with E-state index in [0.29, 0.717) is 16.8 Å². The van der Waals surface area contributed by atoms with E-state index in [9.17, 15) is 0 Å². The van der Waals surface area contributed by atoms with Crippen molar-refractivity contribution in [2.24, 2.45) is 5.16 Å². The standard InChI is InChI=1S/C9H13N5OS/c10-7-4-8(11)13-9(12-7)16-6-3-1-2-5(6)14-15/h4,6,15H,1-3H2,(H4,10,11,12,13). The molecule has 5 N–H and O–H groups in total. The zero-order valence-electron chi connectivity index (χ0n) is 8.63. The Hall–Kier alpha value is -1.50. The monoisotopic (exact) mass is 239 g/mol. The van der Waals surface area contributed by atoms with Crippen LogP contribution in [0.4, 0.5) is 11.6 Å². The van der Waals surface area contributed by atoms with Gasteiger partial charge in [0.15, 0.2) is 5.16 Å². The van der Waals surface area contributed by atoms with E-state index in [1.807, 2.05) is 0 Å². The molecule has 1 fully saturated rings. The number of rotatable bonds is 2. The van der Waals surface area contributed by atoms with Gasteiger partial charge in [0.2, 0.25) is 0 Å². The third-order valence-corrected chi connectivity index (χ3v) is 3.58. The van der Waals surface area contributed by atoms with Crippen molar-refractivity contribution in [3.8, 4) is 0 Å². The van der Waals surface area contributed by atoms with Gasteiger partial charge in [0.1, 0.15) is 11.6 Å². The average Bonchev–Trinajstić information content (AvgIpc) is 2.63. The lowest BCUT2D eigenvalue weighted by molar-refractivity contribution is 0.317. The van der Waals surface area contributed by atoms with Crippen LogP contribution in [0.5, 0.6) is 0 Å². The molecule has 1 heterocycles. The van der Waals surface area contributed by atoms with Crippen molar-refractivity contribution in [3.63, 3.8) is 0 Å². The minimum Gasteiger partial charge on any atom is -0.411 e. The predicted octanol–water partition coefficient (Wildman–Crippen LogP) is 1.12. The highest BCUT2D eigenvalue weighted by atomic mass is 32.2. The topological polar surface area (TPSA) is 110 Å². The summed E-state index contributed by atoms with van der Waals surface area (Å²) in [4.78, 5) is 8.16. The van der Waals surface area contributed by atoms with Crippen molar-refractivity contribution >= 4 is 29.1 Å². The highest BCUT2D eigenvalue weighted by Crippen LogP contribution is 2.31. The number of hydrogen-bond donors (Lipinski definition) is 3. The summed E-state index contributed by atoms with van der Waals surface area (Å²) in [6.07, 6.45) is 2.81. The van der Waals surface area contributed by atoms with Crippen LogP contribution >= 0.6 is 11.8 Å². The van der Waals surface area contributed by atoms with Gasteiger partial charge in [0.25, 0.3) is 0 Å². The minimum absolute atomic E-state index is 0.131. The van der Waals surface area contributed by atoms with Crippen LogP contribution in [0.3, 0.4) is 0 Å². The van der Waals surface area contributed by atoms with Crippen LogP contribution in [0, 0.1) is 0 Å². The van der Waals surface area contributed by atoms with Gasteiger partial charge in [-0.3, -0.25) is 0 Å². The molecule has 0 spiro atoms. The van der Waals surface area contributed by atoms with Gasteiger partial charge >= 0.3 is 0 Å². The zero-order valence-corrected chi connectivity index (χ0v) is 9.44. The first kappa shape index (κ1) is 11.0. The van der Waals surface area contributed by atoms with Crippen LogP contribution in [0.2, 0.25) is 0 Å². The molecule has 0 radical (unpaired) electrons. The molecular formula is C9H13N5OS. The Kier molecular flexibility index (Phi) is 3.14. The van der Waals surface area contributed by atoms with Crippen molar-refractivity contribution < 1.29 is 5.21 Å². The summed E-state index contributed by atoms with van der Waals surface area (Å²) < 4.78 is 0. The number of nitrogens with two attached hydrogens (primary N) is 2. The lowest BCUT2D eigenvalue weighted by Gasteiger charge is -2.08. The smallest absolute Gasteiger partial charge is 0.192 e. The Bertz CT molecular complexity index is 402. The fraction of sp³-hybridized carbons (Fsp3) is 0.444. The fourth-order valence-electron chi connectivity index (χ4n) is 1.68. The summed E-state index contributed by atoms with van der Waals surface area (Å²) in [5.74, 6) is 0.714. The third kappa shape index (κ3) is 2.35. The van der Waals surface area contributed by atoms with Crippen molar-refractivity contribution in [2.75, 3.05) is 11.5 Å². The largest absolute Gasteiger partial charge is 0.411 e. The number of aromatic nitrogens is 2. The molecule has 1 atom stereocenters. The van der Waals surface area contributed by atoms with Gasteiger partial charge in [0, 0.05) is 6.07 Å². The van der Waals surface area contributed by atoms with Gasteiger partial charge in [-0.1, -0.05) is 16.9 Å². The number of nitrogens with zero attached hydrogens (tertiary/aromatic N) is 3. The lowest BCUT2D eigenvalue weighted by Crippen LogP contribution is -2.10. The third-order valence-electron chi connectivity index (χ3n) is 2.39. The van der Waals surface area contributed by atoms with Crippen molar-refractivity contribution in [3.05, 3.63) is 6.07 Å². The Morgan fingerprint density at radius 3 is 2.69 bits per heavy atom. The van der Waals surface area contributed by atoms with Crippen molar-refractivity contribution in [2.45, 2.75) is 29.7 Å². The first-order chi connectivity index (χ1) is 7.69. The molecule has 7 heteroatoms. The van der Waals surface area contributed by atoms with E-state index < -0.39 is 0 Å². The molecule has 16 heavy (non-hydrogen) atoms. The second kappa shape index (κ2) is 4.56. The molecule has 2 rings (SSSR count). The summed E-state index contributed by atoms with van der Waals surface area (Å²) >= 11 is 1.44. The molecule has 0 amide bonds. The second-order valence-electron chi connectivity index (χ2n) is 3.59. The number of thioether (sulfide) groups is 1. The number of nitrogen functional groups attached to an aromatic ring is 2. The molecule has 86 valence electrons. The zero-order chi connectivity index (χ0) is 11.5. The van der Waals surface area contributed by atoms with E-state index in [-0.39, 0.29) is 5.25 Å². The maximum atomic E-state index is 8.81. The van der Waals surface area contributed by atoms with Crippen molar-refractivity contribution in [1.82, 2.24) is 9.97 Å². The van der Waals surface area contributed by atoms with E-state index in [1.54, 1.807) is 0 Å². The van der Waals surface area contributed by atoms with Gasteiger partial charge in [0.05, 0.1) is 11.0 Å². The number of hydrogen-bond acceptors (Lipinski definition) is 7. The second-order valence-corrected chi connectivity index (χ2v) is 4.76. The fourth-order valence-corrected chi connectivity index (χ4v) is 2.84. The Morgan fingerprint density at radius 1 is 1.38 bits per heavy atom. The SMILES string of the molecule is Nc1cc(N)nc(SC2CCCC2=NO)n1. The lowest BCUT2D eigenvalue weighted by atomic mass is 10.3. The summed E-state index contributed by atoms with van der Waals surface area (Å²) in [6.45, 7) is 0. The summed E-state index contributed by atoms with van der Waals surface area (Å²) in [5.41, 5.74) is 11.9. The Balaban J connectivity index is 2.14. The van der Waals surface area contributed by atoms with Crippen LogP contribution < -0.4 is 11.5 Å². The van der Waals surface area contributed by atoms with Gasteiger partial charge in [-0.05, 0) is 19.3 Å². The molecule has 0 saturated heterocycles. The van der Waals surface area contributed by atoms with E-state index in [4.69, 9.17) is 16.7 Å². The molecule has 0 aliphatic heterocycles. The summed E-state index contributed by atoms with van der Waals surface area (Å²) in [7, 11) is 0. The van der Waals surface area contributed by atoms with Gasteiger partial charge in [-0.25, -0.2) is 9.97 Å². The molecule has 1 aliphatic carbocycles. The molecule has 1 unspecified atom stereocenters. The molecule has 0 bridgehead atoms. The molecule has 1 aromatic rings. The van der Waals surface area contributed by atoms with Crippen LogP contribution in [0.25, 0.3) is 0 Å². The highest BCUT2D eigenvalue weighted by Gasteiger charge is 2.25. The predicted molar refractivity (Wildman–Crippen MR) is 63.6 cm³/mol. The van der Waals surface area contributed by atoms with Crippen LogP contribution in [0.15, 0.2) is 16.4 Å². The maximum absolute atomic E-state index is 8.81. The van der Waals surface area contributed by atoms with Crippen molar-refractivity contribution in [1.29, 1.82) is 0 Å². The van der Waals surface area contributed by atoms with Gasteiger partial charge < -0.3 is 16.7 Å². The molecule has 1 aromatic heterocycles. The van der Waals surface area contributed by atoms with Crippen LogP contribution in [-0.4, -0.2) is 26.1 Å². The molecule has 1 aliphatic rings. The van der Waals surface area contributed by atoms with Crippen LogP contribution in [-0.2, 0) is 0 Å². The van der Waals surface area contributed by atoms with Gasteiger partial charge in [-0.15, -0.1) is 0 Å². The first-order valence-corrected chi connectivity index (χ1v) is 5.84. The molecule has 0 aromatic carbocycles. The highest BCUT2D eigenvalue weighted by molar-refractivity contribution is 8.00. The first-order valence-electron chi connectivity index (χ1n) is 4.96. The van der Waals surface area contributed by atoms with E-state index in [0.717, 1.165) is 25.0 Å². The average molecular weight is 239 g/mol. The Labute approximate surface area is 97.1 Å². The van der Waals surface area contributed by atoms with Gasteiger partial charge in [-0.2, -0.15) is 0 Å². The minimum atomic E-state index is 0.131. The van der Waals surface area contributed by atoms with Crippen LogP contribution in [0.1, 0.15) is 19.3 Å². The Morgan fingerprint density at radius 2 is 2.06 bits per heavy atom. The normalized spacial score (nSPS) is 22.8. The van der Waals surface area contributed by atoms with E-state index in [2.05, 4.69) is 15.1 Å². The van der Waals surface area contributed by atoms with E-state index in [1.165, 1.54) is 17.8 Å². The molecular weight excluding hydrogens is 226 g/mol.